The smallest absolute Gasteiger partial charge is 0.328 e. The summed E-state index contributed by atoms with van der Waals surface area (Å²) in [6.45, 7) is 6.05. The van der Waals surface area contributed by atoms with Gasteiger partial charge in [0.05, 0.1) is 4.88 Å². The predicted molar refractivity (Wildman–Crippen MR) is 84.5 cm³/mol. The molecule has 0 saturated carbocycles. The van der Waals surface area contributed by atoms with Crippen LogP contribution in [-0.2, 0) is 4.79 Å². The molecule has 0 aliphatic carbocycles. The topological polar surface area (TPSA) is 57.6 Å². The van der Waals surface area contributed by atoms with Crippen molar-refractivity contribution in [1.29, 1.82) is 0 Å². The van der Waals surface area contributed by atoms with Crippen LogP contribution in [0.2, 0.25) is 0 Å². The molecule has 0 radical (unpaired) electrons. The van der Waals surface area contributed by atoms with E-state index < -0.39 is 5.97 Å². The normalized spacial score (nSPS) is 16.8. The van der Waals surface area contributed by atoms with Gasteiger partial charge >= 0.3 is 5.97 Å². The zero-order chi connectivity index (χ0) is 15.4. The summed E-state index contributed by atoms with van der Waals surface area (Å²) in [6.07, 6.45) is 4.67. The fraction of sp³-hybridized carbons (Fsp3) is 0.500. The summed E-state index contributed by atoms with van der Waals surface area (Å²) in [5.74, 6) is 0.386. The van der Waals surface area contributed by atoms with Crippen molar-refractivity contribution < 1.29 is 14.7 Å². The lowest BCUT2D eigenvalue weighted by molar-refractivity contribution is -0.131. The van der Waals surface area contributed by atoms with Gasteiger partial charge in [-0.1, -0.05) is 13.8 Å². The van der Waals surface area contributed by atoms with Crippen LogP contribution in [0, 0.1) is 11.8 Å². The molecular formula is C16H21NO3S. The van der Waals surface area contributed by atoms with Crippen molar-refractivity contribution in [1.82, 2.24) is 4.90 Å². The van der Waals surface area contributed by atoms with Crippen LogP contribution in [0.5, 0.6) is 0 Å². The van der Waals surface area contributed by atoms with Gasteiger partial charge in [0.2, 0.25) is 0 Å². The molecule has 1 aromatic rings. The molecule has 0 atom stereocenters. The zero-order valence-electron chi connectivity index (χ0n) is 12.4. The van der Waals surface area contributed by atoms with Gasteiger partial charge in [0.15, 0.2) is 0 Å². The first-order chi connectivity index (χ1) is 9.99. The highest BCUT2D eigenvalue weighted by atomic mass is 32.1. The molecule has 4 nitrogen and oxygen atoms in total. The summed E-state index contributed by atoms with van der Waals surface area (Å²) in [5, 5.41) is 10.5. The summed E-state index contributed by atoms with van der Waals surface area (Å²) in [5.41, 5.74) is 0.693. The number of likely N-dealkylation sites (tertiary alicyclic amines) is 1. The lowest BCUT2D eigenvalue weighted by Crippen LogP contribution is -2.39. The minimum atomic E-state index is -1.00. The number of nitrogens with zero attached hydrogens (tertiary/aromatic N) is 1. The van der Waals surface area contributed by atoms with E-state index in [4.69, 9.17) is 5.11 Å². The van der Waals surface area contributed by atoms with Gasteiger partial charge in [-0.3, -0.25) is 4.79 Å². The van der Waals surface area contributed by atoms with Gasteiger partial charge in [0, 0.05) is 19.2 Å². The van der Waals surface area contributed by atoms with E-state index in [-0.39, 0.29) is 5.91 Å². The fourth-order valence-corrected chi connectivity index (χ4v) is 3.55. The largest absolute Gasteiger partial charge is 0.478 e. The van der Waals surface area contributed by atoms with Crippen LogP contribution < -0.4 is 0 Å². The van der Waals surface area contributed by atoms with E-state index in [1.807, 2.05) is 10.3 Å². The van der Waals surface area contributed by atoms with Crippen LogP contribution in [0.4, 0.5) is 0 Å². The van der Waals surface area contributed by atoms with Gasteiger partial charge in [0.25, 0.3) is 5.91 Å². The molecule has 1 amide bonds. The number of hydrogen-bond donors (Lipinski definition) is 1. The highest BCUT2D eigenvalue weighted by molar-refractivity contribution is 7.12. The first kappa shape index (κ1) is 15.8. The van der Waals surface area contributed by atoms with Crippen molar-refractivity contribution in [2.24, 2.45) is 11.8 Å². The van der Waals surface area contributed by atoms with Crippen LogP contribution in [0.15, 0.2) is 17.5 Å². The summed E-state index contributed by atoms with van der Waals surface area (Å²) in [6, 6.07) is 1.79. The minimum absolute atomic E-state index is 0.0252. The lowest BCUT2D eigenvalue weighted by atomic mass is 9.86. The summed E-state index contributed by atoms with van der Waals surface area (Å²) >= 11 is 1.37. The monoisotopic (exact) mass is 307 g/mol. The average molecular weight is 307 g/mol. The maximum absolute atomic E-state index is 12.6. The molecule has 1 aromatic heterocycles. The third-order valence-electron chi connectivity index (χ3n) is 4.07. The Hall–Kier alpha value is -1.62. The molecule has 0 bridgehead atoms. The molecule has 2 heterocycles. The third-order valence-corrected chi connectivity index (χ3v) is 4.98. The number of piperidine rings is 1. The number of carbonyl (C=O) groups excluding carboxylic acids is 1. The Morgan fingerprint density at radius 1 is 1.38 bits per heavy atom. The second-order valence-corrected chi connectivity index (χ2v) is 6.67. The average Bonchev–Trinajstić information content (AvgIpc) is 2.92. The van der Waals surface area contributed by atoms with Crippen LogP contribution >= 0.6 is 11.3 Å². The highest BCUT2D eigenvalue weighted by Crippen LogP contribution is 2.27. The number of amides is 1. The van der Waals surface area contributed by atoms with E-state index in [1.54, 1.807) is 6.07 Å². The van der Waals surface area contributed by atoms with E-state index in [1.165, 1.54) is 17.4 Å². The number of hydrogen-bond acceptors (Lipinski definition) is 3. The number of aliphatic carboxylic acids is 1. The zero-order valence-corrected chi connectivity index (χ0v) is 13.2. The van der Waals surface area contributed by atoms with Crippen molar-refractivity contribution in [3.8, 4) is 0 Å². The molecule has 0 unspecified atom stereocenters. The Morgan fingerprint density at radius 3 is 2.62 bits per heavy atom. The quantitative estimate of drug-likeness (QED) is 0.868. The van der Waals surface area contributed by atoms with Gasteiger partial charge in [-0.15, -0.1) is 11.3 Å². The first-order valence-corrected chi connectivity index (χ1v) is 8.14. The molecule has 1 N–H and O–H groups in total. The predicted octanol–water partition coefficient (Wildman–Crippen LogP) is 3.35. The third kappa shape index (κ3) is 3.94. The van der Waals surface area contributed by atoms with Crippen molar-refractivity contribution in [2.45, 2.75) is 26.7 Å². The van der Waals surface area contributed by atoms with Gasteiger partial charge in [-0.05, 0) is 47.8 Å². The number of rotatable bonds is 4. The lowest BCUT2D eigenvalue weighted by Gasteiger charge is -2.33. The van der Waals surface area contributed by atoms with Crippen LogP contribution in [0.1, 0.15) is 41.9 Å². The molecule has 1 fully saturated rings. The maximum Gasteiger partial charge on any atom is 0.328 e. The van der Waals surface area contributed by atoms with Crippen molar-refractivity contribution in [2.75, 3.05) is 13.1 Å². The maximum atomic E-state index is 12.6. The molecule has 114 valence electrons. The molecular weight excluding hydrogens is 286 g/mol. The van der Waals surface area contributed by atoms with E-state index in [0.29, 0.717) is 22.3 Å². The second kappa shape index (κ2) is 6.89. The standard InChI is InChI=1S/C16H21NO3S/c1-11(2)12-5-8-17(9-6-12)16(20)15-13(7-10-21-15)3-4-14(18)19/h3-4,7,10-12H,5-6,8-9H2,1-2H3,(H,18,19)/b4-3+. The Bertz CT molecular complexity index is 539. The summed E-state index contributed by atoms with van der Waals surface area (Å²) < 4.78 is 0. The Balaban J connectivity index is 2.05. The molecule has 0 spiro atoms. The molecule has 0 aromatic carbocycles. The van der Waals surface area contributed by atoms with Gasteiger partial charge < -0.3 is 10.0 Å². The number of carboxylic acids is 1. The highest BCUT2D eigenvalue weighted by Gasteiger charge is 2.26. The van der Waals surface area contributed by atoms with Crippen molar-refractivity contribution in [3.63, 3.8) is 0 Å². The summed E-state index contributed by atoms with van der Waals surface area (Å²) in [7, 11) is 0. The summed E-state index contributed by atoms with van der Waals surface area (Å²) in [4.78, 5) is 25.7. The second-order valence-electron chi connectivity index (χ2n) is 5.75. The molecule has 21 heavy (non-hydrogen) atoms. The number of carboxylic acid groups (broad SMARTS) is 1. The first-order valence-electron chi connectivity index (χ1n) is 7.26. The number of carbonyl (C=O) groups is 2. The van der Waals surface area contributed by atoms with Crippen LogP contribution in [0.25, 0.3) is 6.08 Å². The number of thiophene rings is 1. The van der Waals surface area contributed by atoms with Crippen molar-refractivity contribution in [3.05, 3.63) is 28.0 Å². The van der Waals surface area contributed by atoms with Gasteiger partial charge in [0.1, 0.15) is 0 Å². The van der Waals surface area contributed by atoms with Crippen molar-refractivity contribution >= 4 is 29.3 Å². The van der Waals surface area contributed by atoms with E-state index in [2.05, 4.69) is 13.8 Å². The molecule has 1 aliphatic rings. The van der Waals surface area contributed by atoms with Crippen LogP contribution in [-0.4, -0.2) is 35.0 Å². The van der Waals surface area contributed by atoms with E-state index in [9.17, 15) is 9.59 Å². The van der Waals surface area contributed by atoms with Gasteiger partial charge in [-0.2, -0.15) is 0 Å². The minimum Gasteiger partial charge on any atom is -0.478 e. The molecule has 5 heteroatoms. The molecule has 1 saturated heterocycles. The van der Waals surface area contributed by atoms with Gasteiger partial charge in [-0.25, -0.2) is 4.79 Å². The SMILES string of the molecule is CC(C)C1CCN(C(=O)c2sccc2/C=C/C(=O)O)CC1. The molecule has 2 rings (SSSR count). The Morgan fingerprint density at radius 2 is 2.05 bits per heavy atom. The van der Waals surface area contributed by atoms with E-state index in [0.717, 1.165) is 32.0 Å². The van der Waals surface area contributed by atoms with E-state index >= 15 is 0 Å². The molecule has 1 aliphatic heterocycles. The van der Waals surface area contributed by atoms with Crippen LogP contribution in [0.3, 0.4) is 0 Å². The Labute approximate surface area is 129 Å². The Kier molecular flexibility index (Phi) is 5.17. The fourth-order valence-electron chi connectivity index (χ4n) is 2.70.